The average Bonchev–Trinajstić information content (AvgIpc) is 3.62. The maximum atomic E-state index is 13.1. The fraction of sp³-hybridized carbons (Fsp3) is 0.414. The Morgan fingerprint density at radius 3 is 2.41 bits per heavy atom. The predicted molar refractivity (Wildman–Crippen MR) is 147 cm³/mol. The molecule has 3 aromatic rings. The van der Waals surface area contributed by atoms with Gasteiger partial charge in [-0.15, -0.1) is 0 Å². The van der Waals surface area contributed by atoms with E-state index in [1.165, 1.54) is 0 Å². The second-order valence-corrected chi connectivity index (χ2v) is 10.2. The number of aliphatic carboxylic acids is 1. The molecule has 2 N–H and O–H groups in total. The fourth-order valence-electron chi connectivity index (χ4n) is 5.52. The van der Waals surface area contributed by atoms with Gasteiger partial charge < -0.3 is 20.2 Å². The van der Waals surface area contributed by atoms with Crippen molar-refractivity contribution >= 4 is 29.3 Å². The Labute approximate surface area is 227 Å². The SMILES string of the molecule is CCCn1nc(-c2ccccc2)cc1C(=O)Nc1ccc(N2CCN(C(=O)C3CCCC3C(=O)O)CC2)nc1. The molecule has 39 heavy (non-hydrogen) atoms. The number of carboxylic acid groups (broad SMARTS) is 1. The van der Waals surface area contributed by atoms with Gasteiger partial charge >= 0.3 is 5.97 Å². The van der Waals surface area contributed by atoms with Gasteiger partial charge in [-0.25, -0.2) is 4.98 Å². The Morgan fingerprint density at radius 2 is 1.74 bits per heavy atom. The first-order valence-electron chi connectivity index (χ1n) is 13.6. The Balaban J connectivity index is 1.19. The predicted octanol–water partition coefficient (Wildman–Crippen LogP) is 3.76. The molecular weight excluding hydrogens is 496 g/mol. The van der Waals surface area contributed by atoms with E-state index in [9.17, 15) is 19.5 Å². The van der Waals surface area contributed by atoms with E-state index in [1.54, 1.807) is 15.8 Å². The highest BCUT2D eigenvalue weighted by atomic mass is 16.4. The summed E-state index contributed by atoms with van der Waals surface area (Å²) in [5.41, 5.74) is 2.79. The number of anilines is 2. The molecule has 3 heterocycles. The van der Waals surface area contributed by atoms with Crippen LogP contribution in [0.15, 0.2) is 54.7 Å². The molecule has 2 fully saturated rings. The molecule has 2 atom stereocenters. The lowest BCUT2D eigenvalue weighted by Crippen LogP contribution is -2.51. The molecular formula is C29H34N6O4. The molecule has 1 aliphatic carbocycles. The summed E-state index contributed by atoms with van der Waals surface area (Å²) in [6.07, 6.45) is 4.51. The minimum Gasteiger partial charge on any atom is -0.481 e. The Hall–Kier alpha value is -4.21. The molecule has 0 spiro atoms. The Bertz CT molecular complexity index is 1320. The lowest BCUT2D eigenvalue weighted by molar-refractivity contribution is -0.149. The van der Waals surface area contributed by atoms with Crippen LogP contribution in [0.25, 0.3) is 11.3 Å². The molecule has 5 rings (SSSR count). The summed E-state index contributed by atoms with van der Waals surface area (Å²) >= 11 is 0. The molecule has 10 nitrogen and oxygen atoms in total. The van der Waals surface area contributed by atoms with Gasteiger partial charge in [-0.05, 0) is 37.5 Å². The number of rotatable bonds is 8. The van der Waals surface area contributed by atoms with Crippen LogP contribution in [0.2, 0.25) is 0 Å². The molecule has 1 saturated heterocycles. The first kappa shape index (κ1) is 26.4. The third kappa shape index (κ3) is 5.79. The van der Waals surface area contributed by atoms with Crippen molar-refractivity contribution in [2.24, 2.45) is 11.8 Å². The van der Waals surface area contributed by atoms with Crippen molar-refractivity contribution in [2.75, 3.05) is 36.4 Å². The molecule has 2 aromatic heterocycles. The number of carbonyl (C=O) groups is 3. The first-order chi connectivity index (χ1) is 18.9. The van der Waals surface area contributed by atoms with Crippen LogP contribution in [0.1, 0.15) is 43.1 Å². The summed E-state index contributed by atoms with van der Waals surface area (Å²) in [5, 5.41) is 17.0. The van der Waals surface area contributed by atoms with Gasteiger partial charge in [0.2, 0.25) is 5.91 Å². The minimum absolute atomic E-state index is 0.0386. The summed E-state index contributed by atoms with van der Waals surface area (Å²) < 4.78 is 1.74. The molecule has 0 bridgehead atoms. The molecule has 1 aromatic carbocycles. The number of amides is 2. The van der Waals surface area contributed by atoms with E-state index in [0.29, 0.717) is 56.9 Å². The topological polar surface area (TPSA) is 121 Å². The Kier molecular flexibility index (Phi) is 7.90. The molecule has 204 valence electrons. The number of carbonyl (C=O) groups excluding carboxylic acids is 2. The van der Waals surface area contributed by atoms with E-state index >= 15 is 0 Å². The summed E-state index contributed by atoms with van der Waals surface area (Å²) in [5.74, 6) is -1.35. The van der Waals surface area contributed by atoms with E-state index < -0.39 is 17.8 Å². The van der Waals surface area contributed by atoms with Crippen LogP contribution >= 0.6 is 0 Å². The van der Waals surface area contributed by atoms with Crippen molar-refractivity contribution in [1.82, 2.24) is 19.7 Å². The van der Waals surface area contributed by atoms with Gasteiger partial charge in [0.05, 0.1) is 29.4 Å². The second kappa shape index (κ2) is 11.7. The number of hydrogen-bond donors (Lipinski definition) is 2. The number of aryl methyl sites for hydroxylation is 1. The second-order valence-electron chi connectivity index (χ2n) is 10.2. The number of nitrogens with zero attached hydrogens (tertiary/aromatic N) is 5. The number of piperazine rings is 1. The van der Waals surface area contributed by atoms with Crippen LogP contribution in [0.5, 0.6) is 0 Å². The highest BCUT2D eigenvalue weighted by Gasteiger charge is 2.40. The van der Waals surface area contributed by atoms with Crippen LogP contribution in [0.4, 0.5) is 11.5 Å². The van der Waals surface area contributed by atoms with Crippen molar-refractivity contribution < 1.29 is 19.5 Å². The van der Waals surface area contributed by atoms with Gasteiger partial charge in [-0.2, -0.15) is 5.10 Å². The molecule has 10 heteroatoms. The largest absolute Gasteiger partial charge is 0.481 e. The zero-order chi connectivity index (χ0) is 27.4. The normalized spacial score (nSPS) is 19.2. The van der Waals surface area contributed by atoms with E-state index in [4.69, 9.17) is 0 Å². The lowest BCUT2D eigenvalue weighted by atomic mass is 9.94. The highest BCUT2D eigenvalue weighted by molar-refractivity contribution is 6.03. The quantitative estimate of drug-likeness (QED) is 0.455. The molecule has 0 radical (unpaired) electrons. The Morgan fingerprint density at radius 1 is 1.00 bits per heavy atom. The molecule has 2 unspecified atom stereocenters. The zero-order valence-electron chi connectivity index (χ0n) is 22.1. The van der Waals surface area contributed by atoms with Crippen molar-refractivity contribution in [3.8, 4) is 11.3 Å². The van der Waals surface area contributed by atoms with Crippen LogP contribution in [0, 0.1) is 11.8 Å². The summed E-state index contributed by atoms with van der Waals surface area (Å²) in [6, 6.07) is 15.3. The first-order valence-corrected chi connectivity index (χ1v) is 13.6. The van der Waals surface area contributed by atoms with Gasteiger partial charge in [0, 0.05) is 38.3 Å². The number of nitrogens with one attached hydrogen (secondary N) is 1. The van der Waals surface area contributed by atoms with E-state index in [0.717, 1.165) is 29.9 Å². The number of pyridine rings is 1. The number of aromatic nitrogens is 3. The van der Waals surface area contributed by atoms with Crippen molar-refractivity contribution in [3.05, 3.63) is 60.4 Å². The van der Waals surface area contributed by atoms with Gasteiger partial charge in [-0.3, -0.25) is 19.1 Å². The molecule has 2 amide bonds. The highest BCUT2D eigenvalue weighted by Crippen LogP contribution is 2.33. The van der Waals surface area contributed by atoms with Gasteiger partial charge in [0.1, 0.15) is 11.5 Å². The molecule has 1 aliphatic heterocycles. The number of benzene rings is 1. The van der Waals surface area contributed by atoms with Crippen LogP contribution in [-0.4, -0.2) is 68.7 Å². The maximum absolute atomic E-state index is 13.1. The van der Waals surface area contributed by atoms with Crippen LogP contribution in [0.3, 0.4) is 0 Å². The van der Waals surface area contributed by atoms with Crippen LogP contribution < -0.4 is 10.2 Å². The van der Waals surface area contributed by atoms with Gasteiger partial charge in [0.15, 0.2) is 0 Å². The lowest BCUT2D eigenvalue weighted by Gasteiger charge is -2.37. The summed E-state index contributed by atoms with van der Waals surface area (Å²) in [7, 11) is 0. The number of hydrogen-bond acceptors (Lipinski definition) is 6. The average molecular weight is 531 g/mol. The van der Waals surface area contributed by atoms with E-state index in [2.05, 4.69) is 20.3 Å². The monoisotopic (exact) mass is 530 g/mol. The van der Waals surface area contributed by atoms with E-state index in [-0.39, 0.29) is 11.8 Å². The van der Waals surface area contributed by atoms with Gasteiger partial charge in [-0.1, -0.05) is 43.7 Å². The summed E-state index contributed by atoms with van der Waals surface area (Å²) in [4.78, 5) is 46.0. The van der Waals surface area contributed by atoms with Crippen LogP contribution in [-0.2, 0) is 16.1 Å². The van der Waals surface area contributed by atoms with Crippen molar-refractivity contribution in [1.29, 1.82) is 0 Å². The van der Waals surface area contributed by atoms with Gasteiger partial charge in [0.25, 0.3) is 5.91 Å². The van der Waals surface area contributed by atoms with Crippen molar-refractivity contribution in [2.45, 2.75) is 39.2 Å². The standard InChI is InChI=1S/C29H34N6O4/c1-2-13-35-25(18-24(32-35)20-7-4-3-5-8-20)27(36)31-21-11-12-26(30-19-21)33-14-16-34(17-15-33)28(37)22-9-6-10-23(22)29(38)39/h3-5,7-8,11-12,18-19,22-23H,2,6,9-10,13-17H2,1H3,(H,31,36)(H,38,39). The van der Waals surface area contributed by atoms with Crippen molar-refractivity contribution in [3.63, 3.8) is 0 Å². The number of carboxylic acids is 1. The minimum atomic E-state index is -0.868. The maximum Gasteiger partial charge on any atom is 0.307 e. The third-order valence-corrected chi connectivity index (χ3v) is 7.59. The summed E-state index contributed by atoms with van der Waals surface area (Å²) in [6.45, 7) is 4.99. The molecule has 1 saturated carbocycles. The molecule has 2 aliphatic rings. The third-order valence-electron chi connectivity index (χ3n) is 7.59. The zero-order valence-corrected chi connectivity index (χ0v) is 22.1. The fourth-order valence-corrected chi connectivity index (χ4v) is 5.52. The smallest absolute Gasteiger partial charge is 0.307 e. The van der Waals surface area contributed by atoms with E-state index in [1.807, 2.05) is 55.5 Å².